The van der Waals surface area contributed by atoms with Gasteiger partial charge in [-0.2, -0.15) is 5.10 Å². The third-order valence-electron chi connectivity index (χ3n) is 5.12. The number of aliphatic hydroxyl groups is 1. The molecule has 0 saturated carbocycles. The number of hydrogen-bond donors (Lipinski definition) is 1. The van der Waals surface area contributed by atoms with Gasteiger partial charge in [-0.05, 0) is 19.1 Å². The van der Waals surface area contributed by atoms with Crippen LogP contribution in [0, 0.1) is 11.6 Å². The molecule has 2 heterocycles. The van der Waals surface area contributed by atoms with Crippen LogP contribution in [0.3, 0.4) is 0 Å². The number of benzene rings is 2. The van der Waals surface area contributed by atoms with E-state index in [-0.39, 0.29) is 18.7 Å². The topological polar surface area (TPSA) is 86.2 Å². The Bertz CT molecular complexity index is 1200. The molecule has 2 atom stereocenters. The van der Waals surface area contributed by atoms with Crippen LogP contribution in [0.5, 0.6) is 0 Å². The summed E-state index contributed by atoms with van der Waals surface area (Å²) in [6.07, 6.45) is 1.73. The predicted octanol–water partition coefficient (Wildman–Crippen LogP) is 4.36. The van der Waals surface area contributed by atoms with Crippen molar-refractivity contribution >= 4 is 11.6 Å². The zero-order chi connectivity index (χ0) is 22.7. The lowest BCUT2D eigenvalue weighted by Gasteiger charge is -2.34. The van der Waals surface area contributed by atoms with Crippen LogP contribution in [-0.4, -0.2) is 31.1 Å². The summed E-state index contributed by atoms with van der Waals surface area (Å²) in [5.41, 5.74) is -0.773. The highest BCUT2D eigenvalue weighted by molar-refractivity contribution is 6.33. The third kappa shape index (κ3) is 4.55. The number of nitrogens with zero attached hydrogens (tertiary/aromatic N) is 4. The molecule has 7 nitrogen and oxygen atoms in total. The van der Waals surface area contributed by atoms with Gasteiger partial charge in [0.25, 0.3) is 0 Å². The van der Waals surface area contributed by atoms with Crippen molar-refractivity contribution in [2.75, 3.05) is 0 Å². The Hall–Kier alpha value is -3.14. The molecule has 0 saturated heterocycles. The zero-order valence-corrected chi connectivity index (χ0v) is 17.7. The second-order valence-corrected chi connectivity index (χ2v) is 7.66. The first-order chi connectivity index (χ1) is 15.4. The summed E-state index contributed by atoms with van der Waals surface area (Å²) in [4.78, 5) is 3.84. The molecule has 1 unspecified atom stereocenters. The van der Waals surface area contributed by atoms with Crippen LogP contribution in [0.4, 0.5) is 8.78 Å². The molecule has 10 heteroatoms. The molecule has 166 valence electrons. The van der Waals surface area contributed by atoms with Gasteiger partial charge in [0.05, 0.1) is 17.7 Å². The first-order valence-electron chi connectivity index (χ1n) is 9.69. The SMILES string of the molecule is C[C@@H](OCc1cc(-c2ccccc2Cl)no1)C(O)(Cn1cncn1)c1ccc(F)cc1F. The molecule has 0 aliphatic heterocycles. The van der Waals surface area contributed by atoms with Gasteiger partial charge >= 0.3 is 0 Å². The van der Waals surface area contributed by atoms with E-state index >= 15 is 0 Å². The Balaban J connectivity index is 1.55. The molecular weight excluding hydrogens is 442 g/mol. The van der Waals surface area contributed by atoms with E-state index in [1.54, 1.807) is 19.1 Å². The van der Waals surface area contributed by atoms with E-state index < -0.39 is 23.3 Å². The summed E-state index contributed by atoms with van der Waals surface area (Å²) in [6.45, 7) is 1.35. The van der Waals surface area contributed by atoms with Gasteiger partial charge in [0, 0.05) is 23.3 Å². The van der Waals surface area contributed by atoms with Crippen molar-refractivity contribution in [1.29, 1.82) is 0 Å². The van der Waals surface area contributed by atoms with E-state index in [0.717, 1.165) is 6.07 Å². The first-order valence-corrected chi connectivity index (χ1v) is 10.1. The lowest BCUT2D eigenvalue weighted by atomic mass is 9.88. The molecule has 4 rings (SSSR count). The van der Waals surface area contributed by atoms with Crippen molar-refractivity contribution in [3.8, 4) is 11.3 Å². The Kier molecular flexibility index (Phi) is 6.31. The molecule has 0 amide bonds. The normalized spacial score (nSPS) is 14.3. The fourth-order valence-electron chi connectivity index (χ4n) is 3.36. The van der Waals surface area contributed by atoms with Gasteiger partial charge in [-0.1, -0.05) is 41.0 Å². The zero-order valence-electron chi connectivity index (χ0n) is 17.0. The molecular formula is C22H19ClF2N4O3. The van der Waals surface area contributed by atoms with Crippen molar-refractivity contribution < 1.29 is 23.1 Å². The molecule has 2 aromatic carbocycles. The highest BCUT2D eigenvalue weighted by atomic mass is 35.5. The Morgan fingerprint density at radius 1 is 1.22 bits per heavy atom. The van der Waals surface area contributed by atoms with Gasteiger partial charge in [-0.15, -0.1) is 0 Å². The quantitative estimate of drug-likeness (QED) is 0.420. The summed E-state index contributed by atoms with van der Waals surface area (Å²) in [7, 11) is 0. The van der Waals surface area contributed by atoms with Gasteiger partial charge in [0.1, 0.15) is 42.2 Å². The van der Waals surface area contributed by atoms with Crippen molar-refractivity contribution in [3.63, 3.8) is 0 Å². The molecule has 0 aliphatic rings. The van der Waals surface area contributed by atoms with Gasteiger partial charge in [-0.25, -0.2) is 18.4 Å². The molecule has 32 heavy (non-hydrogen) atoms. The van der Waals surface area contributed by atoms with E-state index in [0.29, 0.717) is 28.1 Å². The monoisotopic (exact) mass is 460 g/mol. The van der Waals surface area contributed by atoms with Crippen molar-refractivity contribution in [2.45, 2.75) is 31.8 Å². The fourth-order valence-corrected chi connectivity index (χ4v) is 3.59. The highest BCUT2D eigenvalue weighted by Gasteiger charge is 2.40. The van der Waals surface area contributed by atoms with Crippen LogP contribution in [0.15, 0.2) is 65.7 Å². The molecule has 0 bridgehead atoms. The fraction of sp³-hybridized carbons (Fsp3) is 0.227. The van der Waals surface area contributed by atoms with Crippen LogP contribution in [0.1, 0.15) is 18.2 Å². The summed E-state index contributed by atoms with van der Waals surface area (Å²) < 4.78 is 40.5. The number of hydrogen-bond acceptors (Lipinski definition) is 6. The van der Waals surface area contributed by atoms with Crippen LogP contribution in [-0.2, 0) is 23.5 Å². The molecule has 2 aromatic heterocycles. The minimum absolute atomic E-state index is 0.0545. The van der Waals surface area contributed by atoms with E-state index in [1.807, 2.05) is 18.2 Å². The van der Waals surface area contributed by atoms with Crippen molar-refractivity contribution in [1.82, 2.24) is 19.9 Å². The summed E-state index contributed by atoms with van der Waals surface area (Å²) in [6, 6.07) is 11.8. The molecule has 4 aromatic rings. The maximum Gasteiger partial charge on any atom is 0.163 e. The van der Waals surface area contributed by atoms with E-state index in [4.69, 9.17) is 20.9 Å². The molecule has 0 radical (unpaired) electrons. The van der Waals surface area contributed by atoms with Crippen LogP contribution in [0.2, 0.25) is 5.02 Å². The first kappa shape index (κ1) is 22.1. The van der Waals surface area contributed by atoms with E-state index in [1.165, 1.54) is 23.4 Å². The number of rotatable bonds is 8. The van der Waals surface area contributed by atoms with Gasteiger partial charge in [0.2, 0.25) is 0 Å². The third-order valence-corrected chi connectivity index (χ3v) is 5.45. The standard InChI is InChI=1S/C22H19ClF2N4O3/c1-14(31-10-16-9-21(28-32-16)17-4-2-3-5-19(17)23)22(30,11-29-13-26-12-27-29)18-7-6-15(24)8-20(18)25/h2-9,12-14,30H,10-11H2,1H3/t14-,22?/m1/s1. The Morgan fingerprint density at radius 3 is 2.75 bits per heavy atom. The van der Waals surface area contributed by atoms with Crippen LogP contribution in [0.25, 0.3) is 11.3 Å². The Morgan fingerprint density at radius 2 is 2.03 bits per heavy atom. The van der Waals surface area contributed by atoms with E-state index in [9.17, 15) is 13.9 Å². The number of aromatic nitrogens is 4. The second kappa shape index (κ2) is 9.15. The maximum absolute atomic E-state index is 14.6. The van der Waals surface area contributed by atoms with E-state index in [2.05, 4.69) is 15.2 Å². The predicted molar refractivity (Wildman–Crippen MR) is 111 cm³/mol. The summed E-state index contributed by atoms with van der Waals surface area (Å²) in [5, 5.41) is 20.0. The number of halogens is 3. The van der Waals surface area contributed by atoms with Gasteiger partial charge in [0.15, 0.2) is 5.76 Å². The average Bonchev–Trinajstić information content (AvgIpc) is 3.44. The summed E-state index contributed by atoms with van der Waals surface area (Å²) >= 11 is 6.20. The molecule has 0 fully saturated rings. The van der Waals surface area contributed by atoms with Gasteiger partial charge < -0.3 is 14.4 Å². The van der Waals surface area contributed by atoms with Crippen molar-refractivity contribution in [3.05, 3.63) is 89.2 Å². The lowest BCUT2D eigenvalue weighted by molar-refractivity contribution is -0.126. The smallest absolute Gasteiger partial charge is 0.163 e. The summed E-state index contributed by atoms with van der Waals surface area (Å²) in [5.74, 6) is -1.27. The Labute approximate surface area is 187 Å². The second-order valence-electron chi connectivity index (χ2n) is 7.25. The average molecular weight is 461 g/mol. The van der Waals surface area contributed by atoms with Crippen LogP contribution < -0.4 is 0 Å². The van der Waals surface area contributed by atoms with Crippen molar-refractivity contribution in [2.24, 2.45) is 0 Å². The lowest BCUT2D eigenvalue weighted by Crippen LogP contribution is -2.44. The number of ether oxygens (including phenoxy) is 1. The minimum Gasteiger partial charge on any atom is -0.380 e. The molecule has 0 spiro atoms. The van der Waals surface area contributed by atoms with Crippen LogP contribution >= 0.6 is 11.6 Å². The van der Waals surface area contributed by atoms with Gasteiger partial charge in [-0.3, -0.25) is 0 Å². The molecule has 1 N–H and O–H groups in total. The maximum atomic E-state index is 14.6. The minimum atomic E-state index is -1.88. The largest absolute Gasteiger partial charge is 0.380 e. The highest BCUT2D eigenvalue weighted by Crippen LogP contribution is 2.33. The molecule has 0 aliphatic carbocycles.